The highest BCUT2D eigenvalue weighted by molar-refractivity contribution is 5.81. The van der Waals surface area contributed by atoms with Crippen molar-refractivity contribution in [2.75, 3.05) is 6.61 Å². The van der Waals surface area contributed by atoms with Gasteiger partial charge in [-0.3, -0.25) is 4.79 Å². The normalized spacial score (nSPS) is 10.7. The molecule has 0 unspecified atom stereocenters. The number of carbonyl (C=O) groups excluding carboxylic acids is 1. The van der Waals surface area contributed by atoms with Crippen LogP contribution in [-0.4, -0.2) is 23.7 Å². The first-order chi connectivity index (χ1) is 9.65. The van der Waals surface area contributed by atoms with Crippen molar-refractivity contribution in [2.45, 2.75) is 13.8 Å². The molecule has 0 saturated carbocycles. The molecule has 2 aromatic rings. The highest BCUT2D eigenvalue weighted by Gasteiger charge is 2.02. The zero-order valence-corrected chi connectivity index (χ0v) is 11.5. The Kier molecular flexibility index (Phi) is 4.55. The topological polar surface area (TPSA) is 66.5 Å². The number of benzene rings is 1. The van der Waals surface area contributed by atoms with E-state index < -0.39 is 0 Å². The lowest BCUT2D eigenvalue weighted by Gasteiger charge is -2.07. The van der Waals surface area contributed by atoms with Gasteiger partial charge in [-0.2, -0.15) is 5.10 Å². The maximum atomic E-state index is 11.5. The van der Waals surface area contributed by atoms with Gasteiger partial charge in [0.2, 0.25) is 0 Å². The summed E-state index contributed by atoms with van der Waals surface area (Å²) in [5.41, 5.74) is 5.55. The fraction of sp³-hybridized carbons (Fsp3) is 0.200. The number of ether oxygens (including phenoxy) is 1. The smallest absolute Gasteiger partial charge is 0.277 e. The van der Waals surface area contributed by atoms with E-state index >= 15 is 0 Å². The third kappa shape index (κ3) is 3.98. The van der Waals surface area contributed by atoms with Gasteiger partial charge < -0.3 is 9.72 Å². The van der Waals surface area contributed by atoms with E-state index in [4.69, 9.17) is 4.74 Å². The molecule has 0 spiro atoms. The lowest BCUT2D eigenvalue weighted by Crippen LogP contribution is -2.24. The number of hydrazone groups is 1. The van der Waals surface area contributed by atoms with Gasteiger partial charge in [0.1, 0.15) is 5.75 Å². The molecule has 1 amide bonds. The van der Waals surface area contributed by atoms with E-state index in [1.807, 2.05) is 44.2 Å². The Hall–Kier alpha value is -2.56. The molecule has 5 heteroatoms. The molecule has 0 atom stereocenters. The lowest BCUT2D eigenvalue weighted by molar-refractivity contribution is -0.123. The van der Waals surface area contributed by atoms with Gasteiger partial charge >= 0.3 is 0 Å². The predicted molar refractivity (Wildman–Crippen MR) is 77.9 cm³/mol. The molecule has 0 saturated heterocycles. The van der Waals surface area contributed by atoms with E-state index in [-0.39, 0.29) is 12.5 Å². The van der Waals surface area contributed by atoms with Crippen molar-refractivity contribution < 1.29 is 9.53 Å². The van der Waals surface area contributed by atoms with Crippen molar-refractivity contribution in [2.24, 2.45) is 5.10 Å². The number of nitrogens with one attached hydrogen (secondary N) is 2. The first-order valence-electron chi connectivity index (χ1n) is 6.30. The first-order valence-corrected chi connectivity index (χ1v) is 6.30. The number of rotatable bonds is 5. The minimum absolute atomic E-state index is 0.0649. The summed E-state index contributed by atoms with van der Waals surface area (Å²) in [5.74, 6) is 0.377. The molecule has 1 aromatic heterocycles. The van der Waals surface area contributed by atoms with Crippen LogP contribution in [0.25, 0.3) is 0 Å². The maximum Gasteiger partial charge on any atom is 0.277 e. The fourth-order valence-corrected chi connectivity index (χ4v) is 1.58. The van der Waals surface area contributed by atoms with Crippen molar-refractivity contribution in [3.8, 4) is 5.75 Å². The molecular weight excluding hydrogens is 254 g/mol. The Balaban J connectivity index is 1.78. The number of amides is 1. The van der Waals surface area contributed by atoms with Gasteiger partial charge in [0.05, 0.1) is 11.9 Å². The Morgan fingerprint density at radius 2 is 2.20 bits per heavy atom. The summed E-state index contributed by atoms with van der Waals surface area (Å²) in [5, 5.41) is 3.82. The largest absolute Gasteiger partial charge is 0.484 e. The van der Waals surface area contributed by atoms with Gasteiger partial charge in [-0.15, -0.1) is 0 Å². The monoisotopic (exact) mass is 271 g/mol. The third-order valence-electron chi connectivity index (χ3n) is 2.86. The molecule has 1 aromatic carbocycles. The molecule has 2 rings (SSSR count). The van der Waals surface area contributed by atoms with Gasteiger partial charge in [-0.1, -0.05) is 6.07 Å². The molecule has 5 nitrogen and oxygen atoms in total. The second-order valence-corrected chi connectivity index (χ2v) is 4.45. The van der Waals surface area contributed by atoms with Crippen LogP contribution >= 0.6 is 0 Å². The second-order valence-electron chi connectivity index (χ2n) is 4.45. The van der Waals surface area contributed by atoms with Gasteiger partial charge in [-0.25, -0.2) is 5.43 Å². The first kappa shape index (κ1) is 13.9. The van der Waals surface area contributed by atoms with E-state index in [1.54, 1.807) is 6.20 Å². The summed E-state index contributed by atoms with van der Waals surface area (Å²) in [7, 11) is 0. The van der Waals surface area contributed by atoms with Crippen LogP contribution in [0.15, 0.2) is 41.6 Å². The highest BCUT2D eigenvalue weighted by atomic mass is 16.5. The number of hydrogen-bond donors (Lipinski definition) is 2. The summed E-state index contributed by atoms with van der Waals surface area (Å²) in [6, 6.07) is 9.42. The Labute approximate surface area is 117 Å². The summed E-state index contributed by atoms with van der Waals surface area (Å²) >= 11 is 0. The van der Waals surface area contributed by atoms with Crippen LogP contribution in [0.1, 0.15) is 16.8 Å². The lowest BCUT2D eigenvalue weighted by atomic mass is 10.1. The fourth-order valence-electron chi connectivity index (χ4n) is 1.58. The number of aromatic amines is 1. The van der Waals surface area contributed by atoms with Gasteiger partial charge in [0.15, 0.2) is 6.61 Å². The number of H-pyrrole nitrogens is 1. The van der Waals surface area contributed by atoms with Crippen molar-refractivity contribution in [1.82, 2.24) is 10.4 Å². The van der Waals surface area contributed by atoms with Crippen LogP contribution in [0, 0.1) is 13.8 Å². The molecule has 0 aliphatic heterocycles. The minimum Gasteiger partial charge on any atom is -0.484 e. The average Bonchev–Trinajstić information content (AvgIpc) is 2.93. The number of hydrogen-bond acceptors (Lipinski definition) is 3. The Morgan fingerprint density at radius 3 is 2.90 bits per heavy atom. The van der Waals surface area contributed by atoms with Crippen molar-refractivity contribution in [3.05, 3.63) is 53.3 Å². The third-order valence-corrected chi connectivity index (χ3v) is 2.86. The summed E-state index contributed by atoms with van der Waals surface area (Å²) in [6.45, 7) is 3.97. The van der Waals surface area contributed by atoms with E-state index in [0.29, 0.717) is 5.75 Å². The van der Waals surface area contributed by atoms with Gasteiger partial charge in [0.25, 0.3) is 5.91 Å². The molecule has 0 fully saturated rings. The van der Waals surface area contributed by atoms with Crippen LogP contribution in [-0.2, 0) is 4.79 Å². The van der Waals surface area contributed by atoms with Crippen LogP contribution in [0.2, 0.25) is 0 Å². The number of aromatic nitrogens is 1. The zero-order valence-electron chi connectivity index (χ0n) is 11.5. The number of carbonyl (C=O) groups is 1. The van der Waals surface area contributed by atoms with Gasteiger partial charge in [-0.05, 0) is 49.2 Å². The van der Waals surface area contributed by atoms with E-state index in [2.05, 4.69) is 15.5 Å². The number of aryl methyl sites for hydroxylation is 2. The summed E-state index contributed by atoms with van der Waals surface area (Å²) in [6.07, 6.45) is 3.32. The molecule has 1 heterocycles. The van der Waals surface area contributed by atoms with E-state index in [0.717, 1.165) is 11.3 Å². The molecule has 0 radical (unpaired) electrons. The zero-order chi connectivity index (χ0) is 14.4. The molecular formula is C15H17N3O2. The second kappa shape index (κ2) is 6.56. The predicted octanol–water partition coefficient (Wildman–Crippen LogP) is 2.16. The summed E-state index contributed by atoms with van der Waals surface area (Å²) in [4.78, 5) is 14.5. The van der Waals surface area contributed by atoms with Crippen LogP contribution in [0.4, 0.5) is 0 Å². The molecule has 0 aliphatic rings. The molecule has 2 N–H and O–H groups in total. The van der Waals surface area contributed by atoms with Crippen LogP contribution < -0.4 is 10.2 Å². The SMILES string of the molecule is Cc1ccc(OCC(=O)N/N=C\c2ccc[nH]2)cc1C. The van der Waals surface area contributed by atoms with Crippen LogP contribution in [0.3, 0.4) is 0 Å². The molecule has 0 aliphatic carbocycles. The van der Waals surface area contributed by atoms with Crippen molar-refractivity contribution >= 4 is 12.1 Å². The molecule has 104 valence electrons. The van der Waals surface area contributed by atoms with E-state index in [1.165, 1.54) is 11.8 Å². The molecule has 20 heavy (non-hydrogen) atoms. The molecule has 0 bridgehead atoms. The van der Waals surface area contributed by atoms with Gasteiger partial charge in [0, 0.05) is 6.20 Å². The van der Waals surface area contributed by atoms with Crippen LogP contribution in [0.5, 0.6) is 5.75 Å². The highest BCUT2D eigenvalue weighted by Crippen LogP contribution is 2.16. The quantitative estimate of drug-likeness (QED) is 0.646. The maximum absolute atomic E-state index is 11.5. The average molecular weight is 271 g/mol. The minimum atomic E-state index is -0.300. The van der Waals surface area contributed by atoms with Crippen molar-refractivity contribution in [3.63, 3.8) is 0 Å². The number of nitrogens with zero attached hydrogens (tertiary/aromatic N) is 1. The van der Waals surface area contributed by atoms with Crippen molar-refractivity contribution in [1.29, 1.82) is 0 Å². The van der Waals surface area contributed by atoms with E-state index in [9.17, 15) is 4.79 Å². The summed E-state index contributed by atoms with van der Waals surface area (Å²) < 4.78 is 5.40. The Morgan fingerprint density at radius 1 is 1.35 bits per heavy atom. The standard InChI is InChI=1S/C15H17N3O2/c1-11-5-6-14(8-12(11)2)20-10-15(19)18-17-9-13-4-3-7-16-13/h3-9,16H,10H2,1-2H3,(H,18,19)/b17-9-. The Bertz CT molecular complexity index is 604.